The number of rotatable bonds is 2. The van der Waals surface area contributed by atoms with Gasteiger partial charge in [-0.1, -0.05) is 11.6 Å². The summed E-state index contributed by atoms with van der Waals surface area (Å²) in [5.41, 5.74) is 1.22. The highest BCUT2D eigenvalue weighted by Gasteiger charge is 2.48. The van der Waals surface area contributed by atoms with E-state index in [0.29, 0.717) is 40.7 Å². The number of ether oxygens (including phenoxy) is 1. The molecular weight excluding hydrogens is 364 g/mol. The highest BCUT2D eigenvalue weighted by Crippen LogP contribution is 2.42. The molecule has 5 aliphatic rings. The Morgan fingerprint density at radius 3 is 2.59 bits per heavy atom. The summed E-state index contributed by atoms with van der Waals surface area (Å²) in [4.78, 5) is 27.4. The van der Waals surface area contributed by atoms with Crippen molar-refractivity contribution >= 4 is 23.3 Å². The quantitative estimate of drug-likeness (QED) is 0.846. The number of hydrogen-bond acceptors (Lipinski definition) is 4. The van der Waals surface area contributed by atoms with Crippen molar-refractivity contribution in [2.24, 2.45) is 5.92 Å². The van der Waals surface area contributed by atoms with E-state index in [1.807, 2.05) is 19.9 Å². The fraction of sp³-hybridized carbons (Fsp3) is 0.619. The Morgan fingerprint density at radius 1 is 1.22 bits per heavy atom. The number of halogens is 1. The lowest BCUT2D eigenvalue weighted by Crippen LogP contribution is -2.64. The van der Waals surface area contributed by atoms with Gasteiger partial charge in [0.2, 0.25) is 0 Å². The number of amides is 1. The molecule has 2 unspecified atom stereocenters. The Kier molecular flexibility index (Phi) is 3.86. The third-order valence-corrected chi connectivity index (χ3v) is 6.88. The molecule has 5 nitrogen and oxygen atoms in total. The SMILES string of the molecule is CC1(C)Cc2cc(Cl)cc(C(=O)NC3CC4CC5CC(C3)N4CC5=O)c2O1. The van der Waals surface area contributed by atoms with Gasteiger partial charge in [-0.05, 0) is 51.7 Å². The minimum Gasteiger partial charge on any atom is -0.486 e. The fourth-order valence-electron chi connectivity index (χ4n) is 5.59. The van der Waals surface area contributed by atoms with E-state index < -0.39 is 0 Å². The van der Waals surface area contributed by atoms with E-state index in [1.165, 1.54) is 0 Å². The highest BCUT2D eigenvalue weighted by atomic mass is 35.5. The zero-order valence-corrected chi connectivity index (χ0v) is 16.5. The summed E-state index contributed by atoms with van der Waals surface area (Å²) < 4.78 is 6.05. The summed E-state index contributed by atoms with van der Waals surface area (Å²) in [5.74, 6) is 1.21. The number of benzene rings is 1. The van der Waals surface area contributed by atoms with Crippen molar-refractivity contribution in [3.63, 3.8) is 0 Å². The number of carbonyl (C=O) groups is 2. The normalized spacial score (nSPS) is 35.5. The first kappa shape index (κ1) is 17.5. The molecule has 4 bridgehead atoms. The van der Waals surface area contributed by atoms with Gasteiger partial charge in [0.25, 0.3) is 5.91 Å². The van der Waals surface area contributed by atoms with E-state index in [2.05, 4.69) is 10.2 Å². The van der Waals surface area contributed by atoms with Crippen LogP contribution in [0.1, 0.15) is 55.5 Å². The van der Waals surface area contributed by atoms with Crippen LogP contribution in [-0.2, 0) is 11.2 Å². The molecule has 0 aliphatic carbocycles. The van der Waals surface area contributed by atoms with Crippen LogP contribution in [0.4, 0.5) is 0 Å². The molecule has 0 aromatic heterocycles. The minimum absolute atomic E-state index is 0.104. The second-order valence-electron chi connectivity index (χ2n) is 9.24. The Bertz CT molecular complexity index is 821. The zero-order valence-electron chi connectivity index (χ0n) is 15.8. The van der Waals surface area contributed by atoms with E-state index in [1.54, 1.807) is 6.07 Å². The fourth-order valence-corrected chi connectivity index (χ4v) is 5.83. The smallest absolute Gasteiger partial charge is 0.255 e. The second-order valence-corrected chi connectivity index (χ2v) is 9.67. The maximum absolute atomic E-state index is 13.0. The summed E-state index contributed by atoms with van der Waals surface area (Å²) in [6.45, 7) is 4.65. The number of nitrogens with zero attached hydrogens (tertiary/aromatic N) is 1. The van der Waals surface area contributed by atoms with Crippen LogP contribution in [0.5, 0.6) is 5.75 Å². The molecule has 144 valence electrons. The lowest BCUT2D eigenvalue weighted by Gasteiger charge is -2.54. The molecule has 4 fully saturated rings. The molecule has 0 saturated carbocycles. The third-order valence-electron chi connectivity index (χ3n) is 6.66. The average molecular weight is 389 g/mol. The lowest BCUT2D eigenvalue weighted by molar-refractivity contribution is -0.141. The van der Waals surface area contributed by atoms with Gasteiger partial charge in [0.15, 0.2) is 0 Å². The van der Waals surface area contributed by atoms with Crippen molar-refractivity contribution in [2.75, 3.05) is 6.54 Å². The van der Waals surface area contributed by atoms with Crippen molar-refractivity contribution in [3.05, 3.63) is 28.3 Å². The molecule has 1 aromatic rings. The summed E-state index contributed by atoms with van der Waals surface area (Å²) in [7, 11) is 0. The van der Waals surface area contributed by atoms with Gasteiger partial charge in [-0.25, -0.2) is 0 Å². The number of fused-ring (bicyclic) bond motifs is 2. The van der Waals surface area contributed by atoms with Gasteiger partial charge < -0.3 is 10.1 Å². The Hall–Kier alpha value is -1.59. The molecule has 6 heteroatoms. The number of nitrogens with one attached hydrogen (secondary N) is 1. The number of Topliss-reactive ketones (excluding diaryl/α,β-unsaturated/α-hetero) is 1. The molecule has 0 spiro atoms. The second kappa shape index (κ2) is 5.95. The molecule has 6 rings (SSSR count). The molecule has 1 aromatic carbocycles. The summed E-state index contributed by atoms with van der Waals surface area (Å²) in [5, 5.41) is 3.80. The summed E-state index contributed by atoms with van der Waals surface area (Å²) in [6, 6.07) is 4.60. The van der Waals surface area contributed by atoms with Crippen molar-refractivity contribution in [2.45, 2.75) is 69.7 Å². The molecule has 5 heterocycles. The van der Waals surface area contributed by atoms with Crippen molar-refractivity contribution in [1.29, 1.82) is 0 Å². The first-order valence-electron chi connectivity index (χ1n) is 9.90. The van der Waals surface area contributed by atoms with Crippen LogP contribution in [0.15, 0.2) is 12.1 Å². The molecular formula is C21H25ClN2O3. The van der Waals surface area contributed by atoms with Gasteiger partial charge in [-0.2, -0.15) is 0 Å². The van der Waals surface area contributed by atoms with Gasteiger partial charge in [0.05, 0.1) is 12.1 Å². The maximum atomic E-state index is 13.0. The zero-order chi connectivity index (χ0) is 18.9. The van der Waals surface area contributed by atoms with Crippen LogP contribution in [0.25, 0.3) is 0 Å². The average Bonchev–Trinajstić information content (AvgIpc) is 2.87. The summed E-state index contributed by atoms with van der Waals surface area (Å²) >= 11 is 6.27. The predicted molar refractivity (Wildman–Crippen MR) is 102 cm³/mol. The molecule has 1 N–H and O–H groups in total. The van der Waals surface area contributed by atoms with E-state index in [-0.39, 0.29) is 23.5 Å². The number of hydrogen-bond donors (Lipinski definition) is 1. The Labute approximate surface area is 164 Å². The van der Waals surface area contributed by atoms with E-state index in [0.717, 1.165) is 37.7 Å². The van der Waals surface area contributed by atoms with Crippen LogP contribution < -0.4 is 10.1 Å². The topological polar surface area (TPSA) is 58.6 Å². The molecule has 2 atom stereocenters. The standard InChI is InChI=1S/C21H25ClN2O3/c1-21(2)9-12-3-13(22)6-17(19(12)27-21)20(26)23-14-7-15-4-11-5-16(8-14)24(15)10-18(11)25/h3,6,11,14-16H,4-5,7-10H2,1-2H3,(H,23,26). The van der Waals surface area contributed by atoms with Gasteiger partial charge in [0, 0.05) is 41.1 Å². The Morgan fingerprint density at radius 2 is 1.93 bits per heavy atom. The van der Waals surface area contributed by atoms with Crippen molar-refractivity contribution in [1.82, 2.24) is 10.2 Å². The van der Waals surface area contributed by atoms with E-state index in [9.17, 15) is 9.59 Å². The van der Waals surface area contributed by atoms with Crippen LogP contribution in [0.3, 0.4) is 0 Å². The van der Waals surface area contributed by atoms with Gasteiger partial charge in [-0.3, -0.25) is 14.5 Å². The van der Waals surface area contributed by atoms with Crippen LogP contribution >= 0.6 is 11.6 Å². The lowest BCUT2D eigenvalue weighted by atomic mass is 9.71. The summed E-state index contributed by atoms with van der Waals surface area (Å²) in [6.07, 6.45) is 4.49. The third kappa shape index (κ3) is 2.95. The molecule has 27 heavy (non-hydrogen) atoms. The molecule has 1 amide bonds. The van der Waals surface area contributed by atoms with Crippen molar-refractivity contribution in [3.8, 4) is 5.75 Å². The van der Waals surface area contributed by atoms with E-state index >= 15 is 0 Å². The molecule has 4 saturated heterocycles. The van der Waals surface area contributed by atoms with Gasteiger partial charge in [-0.15, -0.1) is 0 Å². The number of carbonyl (C=O) groups excluding carboxylic acids is 2. The van der Waals surface area contributed by atoms with Crippen LogP contribution in [-0.4, -0.2) is 46.9 Å². The maximum Gasteiger partial charge on any atom is 0.255 e. The van der Waals surface area contributed by atoms with Gasteiger partial charge in [0.1, 0.15) is 17.1 Å². The largest absolute Gasteiger partial charge is 0.486 e. The molecule has 0 radical (unpaired) electrons. The highest BCUT2D eigenvalue weighted by molar-refractivity contribution is 6.31. The Balaban J connectivity index is 1.34. The van der Waals surface area contributed by atoms with E-state index in [4.69, 9.17) is 16.3 Å². The molecule has 5 aliphatic heterocycles. The number of ketones is 1. The van der Waals surface area contributed by atoms with Crippen molar-refractivity contribution < 1.29 is 14.3 Å². The minimum atomic E-state index is -0.317. The van der Waals surface area contributed by atoms with Crippen LogP contribution in [0, 0.1) is 5.92 Å². The predicted octanol–water partition coefficient (Wildman–Crippen LogP) is 2.98. The monoisotopic (exact) mass is 388 g/mol. The number of piperidine rings is 4. The first-order valence-corrected chi connectivity index (χ1v) is 10.3. The van der Waals surface area contributed by atoms with Crippen LogP contribution in [0.2, 0.25) is 5.02 Å². The first-order chi connectivity index (χ1) is 12.8. The van der Waals surface area contributed by atoms with Gasteiger partial charge >= 0.3 is 0 Å².